The fraction of sp³-hybridized carbons (Fsp3) is 0.551. The van der Waals surface area contributed by atoms with E-state index in [2.05, 4.69) is 0 Å². The van der Waals surface area contributed by atoms with Gasteiger partial charge in [0.1, 0.15) is 49.3 Å². The number of rotatable bonds is 12. The highest BCUT2D eigenvalue weighted by molar-refractivity contribution is 6.68. The summed E-state index contributed by atoms with van der Waals surface area (Å²) in [4.78, 5) is 114. The van der Waals surface area contributed by atoms with E-state index in [0.29, 0.717) is 4.90 Å². The van der Waals surface area contributed by atoms with Gasteiger partial charge in [0.15, 0.2) is 29.2 Å². The number of cyclic esters (lactones) is 1. The molecule has 0 unspecified atom stereocenters. The zero-order chi connectivity index (χ0) is 55.6. The van der Waals surface area contributed by atoms with Gasteiger partial charge in [-0.05, 0) is 56.5 Å². The third-order valence-electron chi connectivity index (χ3n) is 14.5. The lowest BCUT2D eigenvalue weighted by atomic mass is 9.44. The summed E-state index contributed by atoms with van der Waals surface area (Å²) in [6.45, 7) is 6.74. The van der Waals surface area contributed by atoms with Crippen LogP contribution in [0.3, 0.4) is 0 Å². The Labute approximate surface area is 459 Å². The quantitative estimate of drug-likeness (QED) is 0.0899. The second kappa shape index (κ2) is 21.0. The number of amides is 2. The Hall–Kier alpha value is -4.64. The minimum atomic E-state index is -2.71. The predicted octanol–water partition coefficient (Wildman–Crippen LogP) is 7.55. The molecule has 0 radical (unpaired) electrons. The number of esters is 3. The van der Waals surface area contributed by atoms with Crippen LogP contribution >= 0.6 is 69.6 Å². The molecule has 11 atom stereocenters. The normalized spacial score (nSPS) is 30.6. The Kier molecular flexibility index (Phi) is 16.2. The van der Waals surface area contributed by atoms with Crippen molar-refractivity contribution in [2.75, 3.05) is 19.8 Å². The number of carbonyl (C=O) groups excluding carboxylic acids is 8. The zero-order valence-corrected chi connectivity index (χ0v) is 45.5. The lowest BCUT2D eigenvalue weighted by Crippen LogP contribution is -2.82. The van der Waals surface area contributed by atoms with Gasteiger partial charge in [0.2, 0.25) is 7.59 Å². The standard InChI is InChI=1S/C49H51Cl6NO19/c1-23-27(70-38(61)32(58)31(25-14-10-8-11-15-25)56-39(62)44(5,6)75-40(56)63)19-47(66)36(73-37(60)26-16-12-9-13-17-26)34-45(7,35(59)33(30(23)43(47,3)4)72-42(65)69-22-49(53,54)55)28(71-41(64)68-21-48(50,51)52)18-29-46(34,20-67-29)74-24(2)57/h8-17,27-29,31-34,36,58,66H,18-22H2,1-7H3/t27-,28-,29+,31-,32+,33+,34-,36-,45+,46-,47+/m0/s1. The molecule has 20 nitrogen and oxygen atoms in total. The molecule has 2 heterocycles. The fourth-order valence-electron chi connectivity index (χ4n) is 10.9. The summed E-state index contributed by atoms with van der Waals surface area (Å²) in [6, 6.07) is 13.1. The second-order valence-corrected chi connectivity index (χ2v) is 25.0. The molecule has 2 saturated heterocycles. The highest BCUT2D eigenvalue weighted by Gasteiger charge is 2.79. The summed E-state index contributed by atoms with van der Waals surface area (Å²) >= 11 is 35.4. The monoisotopic (exact) mass is 1170 g/mol. The number of ether oxygens (including phenoxy) is 9. The lowest BCUT2D eigenvalue weighted by molar-refractivity contribution is -0.346. The van der Waals surface area contributed by atoms with Gasteiger partial charge in [-0.1, -0.05) is 132 Å². The van der Waals surface area contributed by atoms with Crippen LogP contribution in [0.25, 0.3) is 0 Å². The number of aliphatic hydroxyl groups excluding tert-OH is 1. The maximum atomic E-state index is 16.3. The topological polar surface area (TPSA) is 263 Å². The first-order chi connectivity index (χ1) is 34.7. The highest BCUT2D eigenvalue weighted by atomic mass is 35.6. The third-order valence-corrected chi connectivity index (χ3v) is 15.2. The average molecular weight is 1170 g/mol. The number of alkyl halides is 6. The van der Waals surface area contributed by atoms with Crippen LogP contribution in [-0.4, -0.2) is 144 Å². The van der Waals surface area contributed by atoms with Crippen LogP contribution in [0.5, 0.6) is 0 Å². The summed E-state index contributed by atoms with van der Waals surface area (Å²) in [6.07, 6.45) is -17.3. The van der Waals surface area contributed by atoms with Gasteiger partial charge in [-0.2, -0.15) is 0 Å². The van der Waals surface area contributed by atoms with E-state index in [1.165, 1.54) is 90.1 Å². The molecule has 26 heteroatoms. The first-order valence-electron chi connectivity index (χ1n) is 23.1. The van der Waals surface area contributed by atoms with Gasteiger partial charge in [0, 0.05) is 25.2 Å². The summed E-state index contributed by atoms with van der Waals surface area (Å²) in [5, 5.41) is 26.1. The number of Topliss-reactive ketones (excluding diaryl/α,β-unsaturated/α-hetero) is 1. The van der Waals surface area contributed by atoms with E-state index < -0.39 is 164 Å². The van der Waals surface area contributed by atoms with Crippen molar-refractivity contribution in [2.45, 2.75) is 128 Å². The Morgan fingerprint density at radius 2 is 1.37 bits per heavy atom. The van der Waals surface area contributed by atoms with Crippen molar-refractivity contribution in [1.29, 1.82) is 0 Å². The number of imide groups is 1. The molecule has 0 aromatic heterocycles. The fourth-order valence-corrected chi connectivity index (χ4v) is 11.3. The number of fused-ring (bicyclic) bond motifs is 5. The predicted molar refractivity (Wildman–Crippen MR) is 263 cm³/mol. The van der Waals surface area contributed by atoms with Crippen LogP contribution in [0.15, 0.2) is 71.8 Å². The van der Waals surface area contributed by atoms with Gasteiger partial charge in [-0.3, -0.25) is 14.4 Å². The molecule has 75 heavy (non-hydrogen) atoms. The van der Waals surface area contributed by atoms with Crippen molar-refractivity contribution < 1.29 is 91.2 Å². The van der Waals surface area contributed by atoms with Crippen LogP contribution in [-0.2, 0) is 61.8 Å². The van der Waals surface area contributed by atoms with Gasteiger partial charge in [0.25, 0.3) is 5.91 Å². The molecule has 2 aliphatic heterocycles. The van der Waals surface area contributed by atoms with E-state index in [1.54, 1.807) is 12.1 Å². The first-order valence-corrected chi connectivity index (χ1v) is 25.3. The smallest absolute Gasteiger partial charge is 0.456 e. The molecule has 2 amide bonds. The minimum Gasteiger partial charge on any atom is -0.456 e. The molecule has 3 aliphatic carbocycles. The summed E-state index contributed by atoms with van der Waals surface area (Å²) < 4.78 is 47.7. The van der Waals surface area contributed by atoms with Crippen molar-refractivity contribution in [2.24, 2.45) is 16.7 Å². The van der Waals surface area contributed by atoms with Crippen LogP contribution in [0, 0.1) is 16.7 Å². The molecule has 2 bridgehead atoms. The van der Waals surface area contributed by atoms with Crippen molar-refractivity contribution in [3.8, 4) is 0 Å². The Morgan fingerprint density at radius 1 is 0.813 bits per heavy atom. The van der Waals surface area contributed by atoms with E-state index >= 15 is 4.79 Å². The zero-order valence-electron chi connectivity index (χ0n) is 41.0. The molecule has 2 saturated carbocycles. The average Bonchev–Trinajstić information content (AvgIpc) is 3.52. The number of carbonyl (C=O) groups is 8. The number of hydrogen-bond acceptors (Lipinski definition) is 19. The van der Waals surface area contributed by atoms with Crippen LogP contribution in [0.2, 0.25) is 0 Å². The van der Waals surface area contributed by atoms with Gasteiger partial charge in [-0.15, -0.1) is 0 Å². The summed E-state index contributed by atoms with van der Waals surface area (Å²) in [7, 11) is 0. The molecule has 0 spiro atoms. The highest BCUT2D eigenvalue weighted by Crippen LogP contribution is 2.65. The molecule has 2 aromatic rings. The van der Waals surface area contributed by atoms with Gasteiger partial charge >= 0.3 is 36.3 Å². The number of halogens is 6. The van der Waals surface area contributed by atoms with Crippen molar-refractivity contribution in [3.63, 3.8) is 0 Å². The Bertz CT molecular complexity index is 2660. The van der Waals surface area contributed by atoms with Crippen molar-refractivity contribution in [1.82, 2.24) is 4.90 Å². The van der Waals surface area contributed by atoms with Crippen LogP contribution < -0.4 is 0 Å². The van der Waals surface area contributed by atoms with E-state index in [-0.39, 0.29) is 22.3 Å². The van der Waals surface area contributed by atoms with E-state index in [1.807, 2.05) is 0 Å². The summed E-state index contributed by atoms with van der Waals surface area (Å²) in [5.41, 5.74) is -11.3. The molecule has 2 N–H and O–H groups in total. The molecular weight excluding hydrogens is 1120 g/mol. The van der Waals surface area contributed by atoms with Crippen molar-refractivity contribution >= 4 is 118 Å². The van der Waals surface area contributed by atoms with Crippen LogP contribution in [0.4, 0.5) is 14.4 Å². The molecule has 4 fully saturated rings. The van der Waals surface area contributed by atoms with Crippen LogP contribution in [0.1, 0.15) is 83.3 Å². The van der Waals surface area contributed by atoms with E-state index in [4.69, 9.17) is 112 Å². The van der Waals surface area contributed by atoms with Crippen molar-refractivity contribution in [3.05, 3.63) is 82.9 Å². The molecule has 7 rings (SSSR count). The maximum absolute atomic E-state index is 16.3. The SMILES string of the molecule is CC(=O)O[C@@]12CO[C@@H]1C[C@H](OC(=O)OCC(Cl)(Cl)Cl)[C@@]1(C)C(=O)[C@H](OC(=O)OCC(Cl)(Cl)Cl)C3=C(C)[C@@H](OC(=O)[C@H](O)[C@H](c4ccccc4)N4C(=O)OC(C)(C)C4=O)C[C@@](O)([C@@H](OC(=O)c4ccccc4)[C@H]21)C3(C)C. The number of benzene rings is 2. The van der Waals surface area contributed by atoms with E-state index in [0.717, 1.165) is 6.92 Å². The number of hydrogen-bond donors (Lipinski definition) is 2. The summed E-state index contributed by atoms with van der Waals surface area (Å²) in [5.74, 6) is -7.52. The number of aliphatic hydroxyl groups is 2. The van der Waals surface area contributed by atoms with Gasteiger partial charge in [0.05, 0.1) is 23.5 Å². The van der Waals surface area contributed by atoms with Gasteiger partial charge in [-0.25, -0.2) is 28.9 Å². The third kappa shape index (κ3) is 11.0. The van der Waals surface area contributed by atoms with Gasteiger partial charge < -0.3 is 52.8 Å². The molecule has 5 aliphatic rings. The minimum absolute atomic E-state index is 0.0762. The molecule has 408 valence electrons. The lowest BCUT2D eigenvalue weighted by Gasteiger charge is -2.67. The van der Waals surface area contributed by atoms with E-state index in [9.17, 15) is 43.8 Å². The Balaban J connectivity index is 1.47. The second-order valence-electron chi connectivity index (χ2n) is 19.9. The molecule has 2 aromatic carbocycles. The Morgan fingerprint density at radius 3 is 1.88 bits per heavy atom. The maximum Gasteiger partial charge on any atom is 0.509 e. The largest absolute Gasteiger partial charge is 0.509 e. The first kappa shape index (κ1) is 58.1. The molecular formula is C49H51Cl6NO19. The number of nitrogens with zero attached hydrogens (tertiary/aromatic N) is 1. The number of ketones is 1.